The molecule has 0 fully saturated rings. The monoisotopic (exact) mass is 434 g/mol. The van der Waals surface area contributed by atoms with Crippen LogP contribution >= 0.6 is 0 Å². The summed E-state index contributed by atoms with van der Waals surface area (Å²) in [6.07, 6.45) is 3.02. The van der Waals surface area contributed by atoms with Gasteiger partial charge in [0, 0.05) is 23.9 Å². The highest BCUT2D eigenvalue weighted by molar-refractivity contribution is 5.92. The maximum atomic E-state index is 12.4. The molecule has 0 bridgehead atoms. The van der Waals surface area contributed by atoms with Crippen molar-refractivity contribution >= 4 is 23.0 Å². The number of carbonyl (C=O) groups excluding carboxylic acids is 1. The fraction of sp³-hybridized carbons (Fsp3) is 0.0476. The van der Waals surface area contributed by atoms with E-state index in [1.54, 1.807) is 40.9 Å². The number of imidazole rings is 1. The van der Waals surface area contributed by atoms with Gasteiger partial charge in [0.05, 0.1) is 34.4 Å². The summed E-state index contributed by atoms with van der Waals surface area (Å²) in [5.74, 6) is -0.492. The van der Waals surface area contributed by atoms with E-state index in [2.05, 4.69) is 4.98 Å². The molecule has 0 aliphatic rings. The Labute approximate surface area is 179 Å². The van der Waals surface area contributed by atoms with Crippen molar-refractivity contribution in [1.82, 2.24) is 9.38 Å². The van der Waals surface area contributed by atoms with Crippen molar-refractivity contribution in [2.24, 2.45) is 0 Å². The lowest BCUT2D eigenvalue weighted by Gasteiger charge is -2.06. The van der Waals surface area contributed by atoms with Crippen molar-refractivity contribution in [2.45, 2.75) is 0 Å². The molecule has 0 unspecified atom stereocenters. The second-order valence-electron chi connectivity index (χ2n) is 6.59. The summed E-state index contributed by atoms with van der Waals surface area (Å²) in [5, 5.41) is 22.1. The van der Waals surface area contributed by atoms with E-state index >= 15 is 0 Å². The van der Waals surface area contributed by atoms with E-state index in [0.717, 1.165) is 6.07 Å². The van der Waals surface area contributed by atoms with Crippen molar-refractivity contribution in [2.75, 3.05) is 7.11 Å². The van der Waals surface area contributed by atoms with Crippen LogP contribution in [0, 0.1) is 20.2 Å². The Kier molecular flexibility index (Phi) is 5.21. The minimum absolute atomic E-state index is 0.00326. The van der Waals surface area contributed by atoms with E-state index in [1.807, 2.05) is 0 Å². The number of hydrogen-bond acceptors (Lipinski definition) is 8. The molecule has 0 saturated heterocycles. The lowest BCUT2D eigenvalue weighted by molar-refractivity contribution is -0.385. The van der Waals surface area contributed by atoms with E-state index in [0.29, 0.717) is 16.9 Å². The van der Waals surface area contributed by atoms with E-state index in [-0.39, 0.29) is 28.4 Å². The first-order chi connectivity index (χ1) is 15.4. The first kappa shape index (κ1) is 20.5. The number of benzene rings is 2. The van der Waals surface area contributed by atoms with Crippen LogP contribution in [0.1, 0.15) is 10.4 Å². The average Bonchev–Trinajstić information content (AvgIpc) is 3.22. The number of ether oxygens (including phenoxy) is 2. The van der Waals surface area contributed by atoms with Crippen LogP contribution in [-0.4, -0.2) is 32.3 Å². The van der Waals surface area contributed by atoms with Gasteiger partial charge in [-0.15, -0.1) is 0 Å². The zero-order valence-corrected chi connectivity index (χ0v) is 16.5. The van der Waals surface area contributed by atoms with Crippen LogP contribution in [0.15, 0.2) is 67.0 Å². The number of carbonyl (C=O) groups is 1. The van der Waals surface area contributed by atoms with Crippen molar-refractivity contribution < 1.29 is 24.1 Å². The number of nitro groups is 2. The third-order valence-electron chi connectivity index (χ3n) is 4.62. The van der Waals surface area contributed by atoms with E-state index in [9.17, 15) is 25.0 Å². The molecule has 4 aromatic rings. The molecule has 11 nitrogen and oxygen atoms in total. The Morgan fingerprint density at radius 3 is 2.38 bits per heavy atom. The molecule has 2 aromatic heterocycles. The molecule has 2 aromatic carbocycles. The van der Waals surface area contributed by atoms with Crippen molar-refractivity contribution in [3.8, 4) is 22.8 Å². The standard InChI is InChI=1S/C21H14N4O7/c1-31-19-8-4-14(10-18(19)25(29)30)21(26)32-16-6-2-13(3-7-16)17-12-23-11-15(24(27)28)5-9-20(23)22-17/h2-12H,1H3. The first-order valence-electron chi connectivity index (χ1n) is 9.14. The quantitative estimate of drug-likeness (QED) is 0.192. The minimum atomic E-state index is -0.761. The number of nitrogens with zero attached hydrogens (tertiary/aromatic N) is 4. The van der Waals surface area contributed by atoms with Crippen molar-refractivity contribution in [1.29, 1.82) is 0 Å². The highest BCUT2D eigenvalue weighted by Crippen LogP contribution is 2.28. The Hall–Kier alpha value is -4.80. The lowest BCUT2D eigenvalue weighted by Crippen LogP contribution is -2.09. The Balaban J connectivity index is 1.53. The Morgan fingerprint density at radius 2 is 1.72 bits per heavy atom. The molecule has 0 radical (unpaired) electrons. The number of fused-ring (bicyclic) bond motifs is 1. The summed E-state index contributed by atoms with van der Waals surface area (Å²) in [6.45, 7) is 0. The number of hydrogen-bond donors (Lipinski definition) is 0. The number of rotatable bonds is 6. The summed E-state index contributed by atoms with van der Waals surface area (Å²) in [7, 11) is 1.30. The summed E-state index contributed by atoms with van der Waals surface area (Å²) >= 11 is 0. The largest absolute Gasteiger partial charge is 0.490 e. The summed E-state index contributed by atoms with van der Waals surface area (Å²) in [6, 6.07) is 13.2. The highest BCUT2D eigenvalue weighted by Gasteiger charge is 2.19. The molecule has 0 spiro atoms. The molecule has 0 atom stereocenters. The van der Waals surface area contributed by atoms with Gasteiger partial charge in [0.15, 0.2) is 5.75 Å². The molecule has 0 saturated carbocycles. The van der Waals surface area contributed by atoms with Gasteiger partial charge in [0.25, 0.3) is 5.69 Å². The second kappa shape index (κ2) is 8.14. The van der Waals surface area contributed by atoms with E-state index in [4.69, 9.17) is 9.47 Å². The fourth-order valence-electron chi connectivity index (χ4n) is 3.05. The topological polar surface area (TPSA) is 139 Å². The molecule has 4 rings (SSSR count). The summed E-state index contributed by atoms with van der Waals surface area (Å²) < 4.78 is 11.8. The van der Waals surface area contributed by atoms with Gasteiger partial charge in [-0.1, -0.05) is 0 Å². The van der Waals surface area contributed by atoms with Crippen LogP contribution in [0.3, 0.4) is 0 Å². The molecule has 0 aliphatic carbocycles. The maximum Gasteiger partial charge on any atom is 0.343 e. The van der Waals surface area contributed by atoms with Gasteiger partial charge in [0.2, 0.25) is 0 Å². The van der Waals surface area contributed by atoms with Gasteiger partial charge < -0.3 is 9.47 Å². The molecule has 0 amide bonds. The number of pyridine rings is 1. The molecule has 32 heavy (non-hydrogen) atoms. The second-order valence-corrected chi connectivity index (χ2v) is 6.59. The van der Waals surface area contributed by atoms with Crippen LogP contribution in [0.25, 0.3) is 16.9 Å². The van der Waals surface area contributed by atoms with Gasteiger partial charge in [-0.3, -0.25) is 24.6 Å². The van der Waals surface area contributed by atoms with Crippen LogP contribution < -0.4 is 9.47 Å². The van der Waals surface area contributed by atoms with Crippen LogP contribution in [-0.2, 0) is 0 Å². The SMILES string of the molecule is COc1ccc(C(=O)Oc2ccc(-c3cn4cc([N+](=O)[O-])ccc4n3)cc2)cc1[N+](=O)[O-]. The van der Waals surface area contributed by atoms with Gasteiger partial charge in [-0.2, -0.15) is 0 Å². The lowest BCUT2D eigenvalue weighted by atomic mass is 10.1. The first-order valence-corrected chi connectivity index (χ1v) is 9.14. The molecule has 2 heterocycles. The van der Waals surface area contributed by atoms with Gasteiger partial charge in [-0.25, -0.2) is 9.78 Å². The number of aromatic nitrogens is 2. The van der Waals surface area contributed by atoms with Crippen LogP contribution in [0.2, 0.25) is 0 Å². The van der Waals surface area contributed by atoms with Crippen molar-refractivity contribution in [3.63, 3.8) is 0 Å². The predicted molar refractivity (Wildman–Crippen MR) is 112 cm³/mol. The number of methoxy groups -OCH3 is 1. The van der Waals surface area contributed by atoms with Gasteiger partial charge >= 0.3 is 11.7 Å². The molecular formula is C21H14N4O7. The average molecular weight is 434 g/mol. The third-order valence-corrected chi connectivity index (χ3v) is 4.62. The molecule has 0 N–H and O–H groups in total. The fourth-order valence-corrected chi connectivity index (χ4v) is 3.05. The van der Waals surface area contributed by atoms with Crippen molar-refractivity contribution in [3.05, 3.63) is 92.8 Å². The van der Waals surface area contributed by atoms with E-state index < -0.39 is 15.8 Å². The molecular weight excluding hydrogens is 420 g/mol. The molecule has 160 valence electrons. The molecule has 0 aliphatic heterocycles. The third kappa shape index (κ3) is 3.94. The maximum absolute atomic E-state index is 12.4. The summed E-state index contributed by atoms with van der Waals surface area (Å²) in [4.78, 5) is 37.7. The molecule has 11 heteroatoms. The highest BCUT2D eigenvalue weighted by atomic mass is 16.6. The Bertz CT molecular complexity index is 1360. The van der Waals surface area contributed by atoms with Crippen LogP contribution in [0.5, 0.6) is 11.5 Å². The van der Waals surface area contributed by atoms with Gasteiger partial charge in [0.1, 0.15) is 11.4 Å². The smallest absolute Gasteiger partial charge is 0.343 e. The number of esters is 1. The van der Waals surface area contributed by atoms with E-state index in [1.165, 1.54) is 31.5 Å². The zero-order chi connectivity index (χ0) is 22.8. The van der Waals surface area contributed by atoms with Crippen LogP contribution in [0.4, 0.5) is 11.4 Å². The normalized spacial score (nSPS) is 10.7. The summed E-state index contributed by atoms with van der Waals surface area (Å²) in [5.41, 5.74) is 1.43. The zero-order valence-electron chi connectivity index (χ0n) is 16.5. The predicted octanol–water partition coefficient (Wildman–Crippen LogP) is 4.05. The number of nitro benzene ring substituents is 1. The Morgan fingerprint density at radius 1 is 0.969 bits per heavy atom. The van der Waals surface area contributed by atoms with Gasteiger partial charge in [-0.05, 0) is 42.5 Å². The minimum Gasteiger partial charge on any atom is -0.490 e.